The number of hydrogen-bond acceptors (Lipinski definition) is 2. The molecule has 0 aliphatic rings. The number of carboxylic acids is 1. The number of carboxylic acid groups (broad SMARTS) is 1. The van der Waals surface area contributed by atoms with Gasteiger partial charge in [-0.1, -0.05) is 17.7 Å². The lowest BCUT2D eigenvalue weighted by molar-refractivity contribution is 0.0663. The molecule has 3 nitrogen and oxygen atoms in total. The van der Waals surface area contributed by atoms with Gasteiger partial charge in [0.1, 0.15) is 5.76 Å². The fraction of sp³-hybridized carbons (Fsp3) is 0.0833. The number of carbonyl (C=O) groups is 1. The number of aryl methyl sites for hydroxylation is 1. The molecular formula is C12H9ClO3. The third kappa shape index (κ3) is 1.95. The van der Waals surface area contributed by atoms with Crippen molar-refractivity contribution < 1.29 is 14.3 Å². The van der Waals surface area contributed by atoms with E-state index in [0.29, 0.717) is 16.3 Å². The summed E-state index contributed by atoms with van der Waals surface area (Å²) in [5.41, 5.74) is 1.73. The zero-order valence-corrected chi connectivity index (χ0v) is 9.28. The molecule has 4 heteroatoms. The van der Waals surface area contributed by atoms with Crippen LogP contribution in [0.3, 0.4) is 0 Å². The van der Waals surface area contributed by atoms with Gasteiger partial charge in [-0.2, -0.15) is 0 Å². The van der Waals surface area contributed by atoms with Crippen molar-refractivity contribution in [3.8, 4) is 11.3 Å². The van der Waals surface area contributed by atoms with E-state index in [1.54, 1.807) is 12.1 Å². The molecule has 0 amide bonds. The van der Waals surface area contributed by atoms with Crippen LogP contribution in [0.25, 0.3) is 11.3 Å². The summed E-state index contributed by atoms with van der Waals surface area (Å²) in [5.74, 6) is -0.719. The van der Waals surface area contributed by atoms with Crippen LogP contribution in [-0.4, -0.2) is 11.1 Å². The average molecular weight is 237 g/mol. The van der Waals surface area contributed by atoms with Crippen molar-refractivity contribution in [2.24, 2.45) is 0 Å². The maximum Gasteiger partial charge on any atom is 0.371 e. The van der Waals surface area contributed by atoms with E-state index in [2.05, 4.69) is 0 Å². The van der Waals surface area contributed by atoms with Crippen LogP contribution in [0.4, 0.5) is 0 Å². The monoisotopic (exact) mass is 236 g/mol. The first-order chi connectivity index (χ1) is 7.58. The predicted octanol–water partition coefficient (Wildman–Crippen LogP) is 3.61. The summed E-state index contributed by atoms with van der Waals surface area (Å²) >= 11 is 6.05. The second kappa shape index (κ2) is 4.02. The van der Waals surface area contributed by atoms with Gasteiger partial charge in [-0.15, -0.1) is 0 Å². The van der Waals surface area contributed by atoms with E-state index in [9.17, 15) is 4.79 Å². The first-order valence-corrected chi connectivity index (χ1v) is 5.05. The van der Waals surface area contributed by atoms with E-state index in [-0.39, 0.29) is 5.76 Å². The summed E-state index contributed by atoms with van der Waals surface area (Å²) in [4.78, 5) is 10.7. The van der Waals surface area contributed by atoms with Gasteiger partial charge in [0.15, 0.2) is 0 Å². The summed E-state index contributed by atoms with van der Waals surface area (Å²) in [5, 5.41) is 9.28. The molecule has 0 aliphatic carbocycles. The summed E-state index contributed by atoms with van der Waals surface area (Å²) in [6.45, 7) is 1.93. The van der Waals surface area contributed by atoms with Crippen molar-refractivity contribution in [1.29, 1.82) is 0 Å². The van der Waals surface area contributed by atoms with Gasteiger partial charge in [0.2, 0.25) is 5.76 Å². The average Bonchev–Trinajstić information content (AvgIpc) is 2.66. The van der Waals surface area contributed by atoms with Gasteiger partial charge in [-0.3, -0.25) is 0 Å². The first kappa shape index (κ1) is 10.8. The van der Waals surface area contributed by atoms with Gasteiger partial charge in [0.05, 0.1) is 5.02 Å². The summed E-state index contributed by atoms with van der Waals surface area (Å²) < 4.78 is 5.17. The lowest BCUT2D eigenvalue weighted by atomic mass is 10.1. The van der Waals surface area contributed by atoms with Gasteiger partial charge >= 0.3 is 5.97 Å². The number of aromatic carboxylic acids is 1. The number of hydrogen-bond donors (Lipinski definition) is 1. The van der Waals surface area contributed by atoms with Crippen molar-refractivity contribution in [3.63, 3.8) is 0 Å². The van der Waals surface area contributed by atoms with E-state index in [1.807, 2.05) is 19.1 Å². The van der Waals surface area contributed by atoms with E-state index in [1.165, 1.54) is 6.07 Å². The third-order valence-electron chi connectivity index (χ3n) is 2.21. The standard InChI is InChI=1S/C12H9ClO3/c1-7-2-3-8(9(13)6-7)10-4-5-11(16-10)12(14)15/h2-6H,1H3,(H,14,15). The highest BCUT2D eigenvalue weighted by Gasteiger charge is 2.12. The van der Waals surface area contributed by atoms with Crippen LogP contribution in [0.2, 0.25) is 5.02 Å². The topological polar surface area (TPSA) is 50.4 Å². The third-order valence-corrected chi connectivity index (χ3v) is 2.52. The number of benzene rings is 1. The quantitative estimate of drug-likeness (QED) is 0.867. The van der Waals surface area contributed by atoms with Crippen molar-refractivity contribution in [3.05, 3.63) is 46.7 Å². The summed E-state index contributed by atoms with van der Waals surface area (Å²) in [7, 11) is 0. The van der Waals surface area contributed by atoms with Crippen LogP contribution < -0.4 is 0 Å². The van der Waals surface area contributed by atoms with E-state index >= 15 is 0 Å². The Bertz CT molecular complexity index is 543. The van der Waals surface area contributed by atoms with Gasteiger partial charge in [-0.05, 0) is 36.8 Å². The Kier molecular flexibility index (Phi) is 2.71. The van der Waals surface area contributed by atoms with Crippen LogP contribution >= 0.6 is 11.6 Å². The fourth-order valence-corrected chi connectivity index (χ4v) is 1.75. The normalized spacial score (nSPS) is 10.4. The van der Waals surface area contributed by atoms with E-state index in [0.717, 1.165) is 5.56 Å². The number of furan rings is 1. The molecule has 0 radical (unpaired) electrons. The molecule has 0 atom stereocenters. The highest BCUT2D eigenvalue weighted by molar-refractivity contribution is 6.33. The Balaban J connectivity index is 2.46. The molecule has 16 heavy (non-hydrogen) atoms. The molecule has 0 spiro atoms. The van der Waals surface area contributed by atoms with Crippen LogP contribution in [-0.2, 0) is 0 Å². The Morgan fingerprint density at radius 3 is 2.62 bits per heavy atom. The molecular weight excluding hydrogens is 228 g/mol. The molecule has 1 aromatic carbocycles. The van der Waals surface area contributed by atoms with E-state index < -0.39 is 5.97 Å². The highest BCUT2D eigenvalue weighted by Crippen LogP contribution is 2.30. The Labute approximate surface area is 97.3 Å². The minimum Gasteiger partial charge on any atom is -0.475 e. The Morgan fingerprint density at radius 1 is 1.31 bits per heavy atom. The van der Waals surface area contributed by atoms with Gasteiger partial charge in [0, 0.05) is 5.56 Å². The number of halogens is 1. The lowest BCUT2D eigenvalue weighted by Gasteiger charge is -2.01. The predicted molar refractivity (Wildman–Crippen MR) is 60.9 cm³/mol. The lowest BCUT2D eigenvalue weighted by Crippen LogP contribution is -1.91. The number of rotatable bonds is 2. The summed E-state index contributed by atoms with van der Waals surface area (Å²) in [6, 6.07) is 8.51. The highest BCUT2D eigenvalue weighted by atomic mass is 35.5. The van der Waals surface area contributed by atoms with Crippen LogP contribution in [0, 0.1) is 6.92 Å². The largest absolute Gasteiger partial charge is 0.475 e. The Morgan fingerprint density at radius 2 is 2.06 bits per heavy atom. The van der Waals surface area contributed by atoms with Crippen LogP contribution in [0.1, 0.15) is 16.1 Å². The minimum absolute atomic E-state index is 0.0911. The molecule has 1 aromatic heterocycles. The first-order valence-electron chi connectivity index (χ1n) is 4.67. The van der Waals surface area contributed by atoms with Gasteiger partial charge in [0.25, 0.3) is 0 Å². The Hall–Kier alpha value is -1.74. The molecule has 1 N–H and O–H groups in total. The van der Waals surface area contributed by atoms with Gasteiger partial charge in [-0.25, -0.2) is 4.79 Å². The second-order valence-electron chi connectivity index (χ2n) is 3.45. The molecule has 82 valence electrons. The maximum atomic E-state index is 10.7. The zero-order chi connectivity index (χ0) is 11.7. The molecule has 0 bridgehead atoms. The second-order valence-corrected chi connectivity index (χ2v) is 3.86. The van der Waals surface area contributed by atoms with Crippen molar-refractivity contribution >= 4 is 17.6 Å². The van der Waals surface area contributed by atoms with Crippen LogP contribution in [0.15, 0.2) is 34.7 Å². The van der Waals surface area contributed by atoms with Gasteiger partial charge < -0.3 is 9.52 Å². The van der Waals surface area contributed by atoms with Crippen molar-refractivity contribution in [2.45, 2.75) is 6.92 Å². The molecule has 0 fully saturated rings. The fourth-order valence-electron chi connectivity index (χ4n) is 1.42. The molecule has 2 aromatic rings. The molecule has 0 saturated heterocycles. The van der Waals surface area contributed by atoms with Crippen molar-refractivity contribution in [1.82, 2.24) is 0 Å². The molecule has 2 rings (SSSR count). The molecule has 0 unspecified atom stereocenters. The van der Waals surface area contributed by atoms with E-state index in [4.69, 9.17) is 21.1 Å². The smallest absolute Gasteiger partial charge is 0.371 e. The molecule has 0 saturated carbocycles. The molecule has 1 heterocycles. The zero-order valence-electron chi connectivity index (χ0n) is 8.53. The SMILES string of the molecule is Cc1ccc(-c2ccc(C(=O)O)o2)c(Cl)c1. The molecule has 0 aliphatic heterocycles. The summed E-state index contributed by atoms with van der Waals surface area (Å²) in [6.07, 6.45) is 0. The van der Waals surface area contributed by atoms with Crippen molar-refractivity contribution in [2.75, 3.05) is 0 Å². The van der Waals surface area contributed by atoms with Crippen LogP contribution in [0.5, 0.6) is 0 Å². The minimum atomic E-state index is -1.09. The maximum absolute atomic E-state index is 10.7.